The van der Waals surface area contributed by atoms with Crippen molar-refractivity contribution in [1.29, 1.82) is 0 Å². The molecule has 1 amide bonds. The molecule has 1 aliphatic heterocycles. The molecule has 0 saturated heterocycles. The SMILES string of the molecule is COc1ccc(C(=O)OCC(=O)N2CC[C@H](C)Sc3ccccc32)cc1. The fraction of sp³-hybridized carbons (Fsp3) is 0.300. The van der Waals surface area contributed by atoms with Crippen LogP contribution in [0.15, 0.2) is 53.4 Å². The zero-order chi connectivity index (χ0) is 18.5. The molecule has 0 N–H and O–H groups in total. The van der Waals surface area contributed by atoms with Crippen molar-refractivity contribution in [2.24, 2.45) is 0 Å². The molecule has 2 aromatic rings. The van der Waals surface area contributed by atoms with Crippen LogP contribution in [0.1, 0.15) is 23.7 Å². The van der Waals surface area contributed by atoms with E-state index in [2.05, 4.69) is 6.92 Å². The minimum atomic E-state index is -0.521. The average molecular weight is 371 g/mol. The van der Waals surface area contributed by atoms with Crippen LogP contribution in [0.3, 0.4) is 0 Å². The second-order valence-electron chi connectivity index (χ2n) is 6.03. The maximum absolute atomic E-state index is 12.7. The van der Waals surface area contributed by atoms with E-state index in [-0.39, 0.29) is 12.5 Å². The molecule has 0 bridgehead atoms. The summed E-state index contributed by atoms with van der Waals surface area (Å²) < 4.78 is 10.3. The molecule has 26 heavy (non-hydrogen) atoms. The van der Waals surface area contributed by atoms with E-state index >= 15 is 0 Å². The summed E-state index contributed by atoms with van der Waals surface area (Å²) in [6, 6.07) is 14.4. The minimum Gasteiger partial charge on any atom is -0.497 e. The second kappa shape index (κ2) is 8.27. The quantitative estimate of drug-likeness (QED) is 0.766. The van der Waals surface area contributed by atoms with Gasteiger partial charge in [0.2, 0.25) is 0 Å². The highest BCUT2D eigenvalue weighted by molar-refractivity contribution is 8.00. The number of esters is 1. The first-order valence-corrected chi connectivity index (χ1v) is 9.33. The predicted molar refractivity (Wildman–Crippen MR) is 102 cm³/mol. The van der Waals surface area contributed by atoms with Gasteiger partial charge in [0.25, 0.3) is 5.91 Å². The highest BCUT2D eigenvalue weighted by Crippen LogP contribution is 2.37. The van der Waals surface area contributed by atoms with Crippen molar-refractivity contribution in [1.82, 2.24) is 0 Å². The predicted octanol–water partition coefficient (Wildman–Crippen LogP) is 3.77. The molecule has 1 heterocycles. The van der Waals surface area contributed by atoms with E-state index < -0.39 is 5.97 Å². The Balaban J connectivity index is 1.66. The molecule has 2 aromatic carbocycles. The standard InChI is InChI=1S/C20H21NO4S/c1-14-11-12-21(17-5-3-4-6-18(17)26-14)19(22)13-25-20(23)15-7-9-16(24-2)10-8-15/h3-10,14H,11-13H2,1-2H3/t14-/m0/s1. The number of ether oxygens (including phenoxy) is 2. The first kappa shape index (κ1) is 18.3. The molecule has 1 aliphatic rings. The first-order valence-electron chi connectivity index (χ1n) is 8.45. The summed E-state index contributed by atoms with van der Waals surface area (Å²) in [6.45, 7) is 2.49. The van der Waals surface area contributed by atoms with Gasteiger partial charge in [-0.1, -0.05) is 19.1 Å². The number of hydrogen-bond donors (Lipinski definition) is 0. The molecule has 0 radical (unpaired) electrons. The van der Waals surface area contributed by atoms with Crippen LogP contribution in [0, 0.1) is 0 Å². The maximum Gasteiger partial charge on any atom is 0.338 e. The van der Waals surface area contributed by atoms with E-state index in [9.17, 15) is 9.59 Å². The Labute approximate surface area is 157 Å². The van der Waals surface area contributed by atoms with E-state index in [4.69, 9.17) is 9.47 Å². The third-order valence-electron chi connectivity index (χ3n) is 4.20. The summed E-state index contributed by atoms with van der Waals surface area (Å²) in [5.41, 5.74) is 1.27. The first-order chi connectivity index (χ1) is 12.6. The molecule has 0 aliphatic carbocycles. The van der Waals surface area contributed by atoms with E-state index in [1.165, 1.54) is 0 Å². The van der Waals surface area contributed by atoms with Gasteiger partial charge in [-0.3, -0.25) is 4.79 Å². The number of thioether (sulfide) groups is 1. The van der Waals surface area contributed by atoms with Crippen LogP contribution >= 0.6 is 11.8 Å². The average Bonchev–Trinajstić information content (AvgIpc) is 2.84. The Morgan fingerprint density at radius 1 is 1.15 bits per heavy atom. The monoisotopic (exact) mass is 371 g/mol. The third kappa shape index (κ3) is 4.19. The normalized spacial score (nSPS) is 16.4. The zero-order valence-electron chi connectivity index (χ0n) is 14.8. The Bertz CT molecular complexity index is 791. The molecule has 0 spiro atoms. The Morgan fingerprint density at radius 2 is 1.88 bits per heavy atom. The molecule has 5 nitrogen and oxygen atoms in total. The fourth-order valence-electron chi connectivity index (χ4n) is 2.76. The summed E-state index contributed by atoms with van der Waals surface area (Å²) in [7, 11) is 1.56. The third-order valence-corrected chi connectivity index (χ3v) is 5.43. The van der Waals surface area contributed by atoms with Crippen molar-refractivity contribution in [2.45, 2.75) is 23.5 Å². The van der Waals surface area contributed by atoms with Crippen molar-refractivity contribution in [3.05, 3.63) is 54.1 Å². The highest BCUT2D eigenvalue weighted by Gasteiger charge is 2.24. The minimum absolute atomic E-state index is 0.214. The molecule has 0 fully saturated rings. The number of methoxy groups -OCH3 is 1. The lowest BCUT2D eigenvalue weighted by Crippen LogP contribution is -2.35. The Morgan fingerprint density at radius 3 is 2.62 bits per heavy atom. The molecule has 3 rings (SSSR count). The second-order valence-corrected chi connectivity index (χ2v) is 7.52. The lowest BCUT2D eigenvalue weighted by molar-refractivity contribution is -0.121. The van der Waals surface area contributed by atoms with Crippen LogP contribution < -0.4 is 9.64 Å². The molecule has 136 valence electrons. The molecule has 0 saturated carbocycles. The van der Waals surface area contributed by atoms with Crippen molar-refractivity contribution >= 4 is 29.3 Å². The summed E-state index contributed by atoms with van der Waals surface area (Å²) in [6.07, 6.45) is 0.886. The Hall–Kier alpha value is -2.47. The summed E-state index contributed by atoms with van der Waals surface area (Å²) in [5, 5.41) is 0.427. The molecule has 0 unspecified atom stereocenters. The van der Waals surface area contributed by atoms with Crippen LogP contribution in [-0.4, -0.2) is 37.4 Å². The number of amides is 1. The van der Waals surface area contributed by atoms with Gasteiger partial charge in [-0.25, -0.2) is 4.79 Å². The molecular formula is C20H21NO4S. The van der Waals surface area contributed by atoms with Gasteiger partial charge in [0.15, 0.2) is 6.61 Å². The summed E-state index contributed by atoms with van der Waals surface area (Å²) in [5.74, 6) is -0.0775. The van der Waals surface area contributed by atoms with Gasteiger partial charge >= 0.3 is 5.97 Å². The summed E-state index contributed by atoms with van der Waals surface area (Å²) in [4.78, 5) is 27.6. The van der Waals surface area contributed by atoms with E-state index in [0.717, 1.165) is 17.0 Å². The van der Waals surface area contributed by atoms with Gasteiger partial charge in [-0.2, -0.15) is 0 Å². The number of carbonyl (C=O) groups excluding carboxylic acids is 2. The number of hydrogen-bond acceptors (Lipinski definition) is 5. The molecule has 0 aromatic heterocycles. The van der Waals surface area contributed by atoms with Crippen molar-refractivity contribution in [3.8, 4) is 5.75 Å². The van der Waals surface area contributed by atoms with E-state index in [1.807, 2.05) is 24.3 Å². The van der Waals surface area contributed by atoms with Crippen LogP contribution in [0.25, 0.3) is 0 Å². The Kier molecular flexibility index (Phi) is 5.83. The number of fused-ring (bicyclic) bond motifs is 1. The molecular weight excluding hydrogens is 350 g/mol. The van der Waals surface area contributed by atoms with Gasteiger partial charge in [0.05, 0.1) is 18.4 Å². The van der Waals surface area contributed by atoms with Gasteiger partial charge < -0.3 is 14.4 Å². The number of nitrogens with zero attached hydrogens (tertiary/aromatic N) is 1. The van der Waals surface area contributed by atoms with Gasteiger partial charge in [0, 0.05) is 16.7 Å². The number of para-hydroxylation sites is 1. The van der Waals surface area contributed by atoms with Gasteiger partial charge in [-0.05, 0) is 42.8 Å². The van der Waals surface area contributed by atoms with E-state index in [0.29, 0.717) is 23.1 Å². The van der Waals surface area contributed by atoms with Gasteiger partial charge in [0.1, 0.15) is 5.75 Å². The van der Waals surface area contributed by atoms with Crippen molar-refractivity contribution < 1.29 is 19.1 Å². The maximum atomic E-state index is 12.7. The number of carbonyl (C=O) groups is 2. The largest absolute Gasteiger partial charge is 0.497 e. The molecule has 6 heteroatoms. The van der Waals surface area contributed by atoms with Crippen LogP contribution in [-0.2, 0) is 9.53 Å². The van der Waals surface area contributed by atoms with Crippen molar-refractivity contribution in [3.63, 3.8) is 0 Å². The topological polar surface area (TPSA) is 55.8 Å². The van der Waals surface area contributed by atoms with Crippen LogP contribution in [0.5, 0.6) is 5.75 Å². The summed E-state index contributed by atoms with van der Waals surface area (Å²) >= 11 is 1.77. The van der Waals surface area contributed by atoms with E-state index in [1.54, 1.807) is 48.0 Å². The number of anilines is 1. The van der Waals surface area contributed by atoms with Crippen molar-refractivity contribution in [2.75, 3.05) is 25.2 Å². The smallest absolute Gasteiger partial charge is 0.338 e. The number of benzene rings is 2. The fourth-order valence-corrected chi connectivity index (χ4v) is 3.87. The number of rotatable bonds is 4. The molecule has 1 atom stereocenters. The van der Waals surface area contributed by atoms with Crippen LogP contribution in [0.4, 0.5) is 5.69 Å². The van der Waals surface area contributed by atoms with Crippen LogP contribution in [0.2, 0.25) is 0 Å². The zero-order valence-corrected chi connectivity index (χ0v) is 15.6. The lowest BCUT2D eigenvalue weighted by Gasteiger charge is -2.22. The van der Waals surface area contributed by atoms with Gasteiger partial charge in [-0.15, -0.1) is 11.8 Å². The highest BCUT2D eigenvalue weighted by atomic mass is 32.2. The lowest BCUT2D eigenvalue weighted by atomic mass is 10.2.